The Morgan fingerprint density at radius 3 is 2.38 bits per heavy atom. The normalized spacial score (nSPS) is 21.3. The molecule has 1 aliphatic rings. The Kier molecular flexibility index (Phi) is 3.98. The standard InChI is InChI=1S/C12H22O/c1-4-7-12(8-5-2)10-11(3)6-9-13-12/h10H,4-9H2,1-3H3. The summed E-state index contributed by atoms with van der Waals surface area (Å²) in [5.41, 5.74) is 1.60. The lowest BCUT2D eigenvalue weighted by Crippen LogP contribution is -2.33. The van der Waals surface area contributed by atoms with E-state index in [0.29, 0.717) is 0 Å². The maximum Gasteiger partial charge on any atom is 0.0864 e. The lowest BCUT2D eigenvalue weighted by molar-refractivity contribution is -0.0292. The molecule has 0 amide bonds. The summed E-state index contributed by atoms with van der Waals surface area (Å²) in [6, 6.07) is 0. The zero-order valence-corrected chi connectivity index (χ0v) is 9.23. The molecule has 1 aliphatic heterocycles. The van der Waals surface area contributed by atoms with Crippen molar-refractivity contribution in [1.82, 2.24) is 0 Å². The molecule has 1 heteroatoms. The Labute approximate surface area is 82.2 Å². The van der Waals surface area contributed by atoms with Crippen molar-refractivity contribution in [2.75, 3.05) is 6.61 Å². The Bertz CT molecular complexity index is 176. The Hall–Kier alpha value is -0.300. The fraction of sp³-hybridized carbons (Fsp3) is 0.833. The first-order valence-electron chi connectivity index (χ1n) is 5.55. The number of rotatable bonds is 4. The van der Waals surface area contributed by atoms with Crippen LogP contribution in [-0.2, 0) is 4.74 Å². The predicted molar refractivity (Wildman–Crippen MR) is 56.9 cm³/mol. The minimum Gasteiger partial charge on any atom is -0.371 e. The number of ether oxygens (including phenoxy) is 1. The molecule has 0 radical (unpaired) electrons. The second kappa shape index (κ2) is 4.80. The fourth-order valence-corrected chi connectivity index (χ4v) is 2.24. The first-order valence-corrected chi connectivity index (χ1v) is 5.55. The molecule has 0 N–H and O–H groups in total. The van der Waals surface area contributed by atoms with Gasteiger partial charge in [0.1, 0.15) is 0 Å². The molecule has 1 heterocycles. The van der Waals surface area contributed by atoms with Gasteiger partial charge in [-0.15, -0.1) is 0 Å². The van der Waals surface area contributed by atoms with Gasteiger partial charge in [0, 0.05) is 0 Å². The maximum atomic E-state index is 5.94. The van der Waals surface area contributed by atoms with E-state index >= 15 is 0 Å². The average Bonchev–Trinajstić information content (AvgIpc) is 2.04. The topological polar surface area (TPSA) is 9.23 Å². The van der Waals surface area contributed by atoms with Gasteiger partial charge in [-0.1, -0.05) is 38.3 Å². The summed E-state index contributed by atoms with van der Waals surface area (Å²) in [7, 11) is 0. The van der Waals surface area contributed by atoms with E-state index < -0.39 is 0 Å². The predicted octanol–water partition coefficient (Wildman–Crippen LogP) is 3.69. The average molecular weight is 182 g/mol. The molecule has 0 unspecified atom stereocenters. The van der Waals surface area contributed by atoms with Crippen LogP contribution in [0.3, 0.4) is 0 Å². The summed E-state index contributed by atoms with van der Waals surface area (Å²) in [6.07, 6.45) is 8.27. The molecule has 1 rings (SSSR count). The van der Waals surface area contributed by atoms with Crippen molar-refractivity contribution in [2.45, 2.75) is 58.5 Å². The van der Waals surface area contributed by atoms with Crippen LogP contribution < -0.4 is 0 Å². The van der Waals surface area contributed by atoms with Crippen molar-refractivity contribution in [1.29, 1.82) is 0 Å². The van der Waals surface area contributed by atoms with Gasteiger partial charge in [0.25, 0.3) is 0 Å². The van der Waals surface area contributed by atoms with Crippen molar-refractivity contribution >= 4 is 0 Å². The molecule has 0 saturated carbocycles. The SMILES string of the molecule is CCCC1(CCC)C=C(C)CCO1. The third kappa shape index (κ3) is 2.84. The van der Waals surface area contributed by atoms with Gasteiger partial charge in [-0.3, -0.25) is 0 Å². The molecule has 1 nitrogen and oxygen atoms in total. The summed E-state index contributed by atoms with van der Waals surface area (Å²) in [6.45, 7) is 7.61. The molecule has 0 atom stereocenters. The molecule has 0 aromatic heterocycles. The lowest BCUT2D eigenvalue weighted by Gasteiger charge is -2.34. The first kappa shape index (κ1) is 10.8. The van der Waals surface area contributed by atoms with Crippen molar-refractivity contribution < 1.29 is 4.74 Å². The molecule has 0 spiro atoms. The highest BCUT2D eigenvalue weighted by Crippen LogP contribution is 2.31. The quantitative estimate of drug-likeness (QED) is 0.602. The van der Waals surface area contributed by atoms with E-state index in [4.69, 9.17) is 4.74 Å². The Balaban J connectivity index is 2.70. The van der Waals surface area contributed by atoms with Crippen molar-refractivity contribution in [2.24, 2.45) is 0 Å². The molecule has 0 fully saturated rings. The largest absolute Gasteiger partial charge is 0.371 e. The fourth-order valence-electron chi connectivity index (χ4n) is 2.24. The monoisotopic (exact) mass is 182 g/mol. The third-order valence-corrected chi connectivity index (χ3v) is 2.74. The van der Waals surface area contributed by atoms with Crippen LogP contribution in [0.15, 0.2) is 11.6 Å². The molecule has 76 valence electrons. The zero-order chi connectivity index (χ0) is 9.73. The highest BCUT2D eigenvalue weighted by molar-refractivity contribution is 5.12. The van der Waals surface area contributed by atoms with Crippen LogP contribution in [0.25, 0.3) is 0 Å². The van der Waals surface area contributed by atoms with Crippen molar-refractivity contribution in [3.8, 4) is 0 Å². The van der Waals surface area contributed by atoms with Crippen LogP contribution in [0, 0.1) is 0 Å². The van der Waals surface area contributed by atoms with Gasteiger partial charge < -0.3 is 4.74 Å². The van der Waals surface area contributed by atoms with Crippen molar-refractivity contribution in [3.63, 3.8) is 0 Å². The molecule has 13 heavy (non-hydrogen) atoms. The highest BCUT2D eigenvalue weighted by atomic mass is 16.5. The molecule has 0 aromatic carbocycles. The molecule has 0 bridgehead atoms. The van der Waals surface area contributed by atoms with E-state index in [2.05, 4.69) is 26.8 Å². The van der Waals surface area contributed by atoms with Crippen LogP contribution in [0.2, 0.25) is 0 Å². The molecule has 0 aliphatic carbocycles. The zero-order valence-electron chi connectivity index (χ0n) is 9.23. The van der Waals surface area contributed by atoms with Gasteiger partial charge in [-0.2, -0.15) is 0 Å². The Morgan fingerprint density at radius 1 is 1.31 bits per heavy atom. The van der Waals surface area contributed by atoms with Gasteiger partial charge >= 0.3 is 0 Å². The molecule has 0 saturated heterocycles. The number of hydrogen-bond donors (Lipinski definition) is 0. The third-order valence-electron chi connectivity index (χ3n) is 2.74. The van der Waals surface area contributed by atoms with E-state index in [1.807, 2.05) is 0 Å². The van der Waals surface area contributed by atoms with Crippen LogP contribution in [-0.4, -0.2) is 12.2 Å². The Morgan fingerprint density at radius 2 is 1.92 bits per heavy atom. The summed E-state index contributed by atoms with van der Waals surface area (Å²) in [5, 5.41) is 0. The minimum absolute atomic E-state index is 0.0891. The van der Waals surface area contributed by atoms with E-state index in [0.717, 1.165) is 13.0 Å². The maximum absolute atomic E-state index is 5.94. The smallest absolute Gasteiger partial charge is 0.0864 e. The van der Waals surface area contributed by atoms with Gasteiger partial charge in [0.15, 0.2) is 0 Å². The second-order valence-corrected chi connectivity index (χ2v) is 4.15. The van der Waals surface area contributed by atoms with Gasteiger partial charge in [0.2, 0.25) is 0 Å². The first-order chi connectivity index (χ1) is 6.22. The number of hydrogen-bond acceptors (Lipinski definition) is 1. The van der Waals surface area contributed by atoms with E-state index in [1.54, 1.807) is 0 Å². The lowest BCUT2D eigenvalue weighted by atomic mass is 9.88. The van der Waals surface area contributed by atoms with Crippen LogP contribution in [0.1, 0.15) is 52.9 Å². The van der Waals surface area contributed by atoms with E-state index in [9.17, 15) is 0 Å². The van der Waals surface area contributed by atoms with Gasteiger partial charge in [-0.05, 0) is 26.2 Å². The van der Waals surface area contributed by atoms with Crippen LogP contribution in [0.5, 0.6) is 0 Å². The molecule has 0 aromatic rings. The summed E-state index contributed by atoms with van der Waals surface area (Å²) < 4.78 is 5.94. The van der Waals surface area contributed by atoms with Gasteiger partial charge in [-0.25, -0.2) is 0 Å². The van der Waals surface area contributed by atoms with E-state index in [-0.39, 0.29) is 5.60 Å². The molecular weight excluding hydrogens is 160 g/mol. The van der Waals surface area contributed by atoms with Gasteiger partial charge in [0.05, 0.1) is 12.2 Å². The minimum atomic E-state index is 0.0891. The van der Waals surface area contributed by atoms with Crippen molar-refractivity contribution in [3.05, 3.63) is 11.6 Å². The summed E-state index contributed by atoms with van der Waals surface area (Å²) in [4.78, 5) is 0. The second-order valence-electron chi connectivity index (χ2n) is 4.15. The highest BCUT2D eigenvalue weighted by Gasteiger charge is 2.28. The molecular formula is C12H22O. The van der Waals surface area contributed by atoms with Crippen LogP contribution in [0.4, 0.5) is 0 Å². The van der Waals surface area contributed by atoms with E-state index in [1.165, 1.54) is 31.3 Å². The van der Waals surface area contributed by atoms with Crippen LogP contribution >= 0.6 is 0 Å². The summed E-state index contributed by atoms with van der Waals surface area (Å²) in [5.74, 6) is 0. The summed E-state index contributed by atoms with van der Waals surface area (Å²) >= 11 is 0.